The van der Waals surface area contributed by atoms with Crippen LogP contribution in [0.3, 0.4) is 0 Å². The lowest BCUT2D eigenvalue weighted by Gasteiger charge is -2.54. The van der Waals surface area contributed by atoms with Crippen molar-refractivity contribution in [2.75, 3.05) is 24.5 Å². The Labute approximate surface area is 212 Å². The maximum Gasteiger partial charge on any atom is 0.318 e. The van der Waals surface area contributed by atoms with Crippen LogP contribution in [0, 0.1) is 5.92 Å². The molecule has 2 aromatic rings. The van der Waals surface area contributed by atoms with E-state index in [0.717, 1.165) is 58.2 Å². The Morgan fingerprint density at radius 2 is 1.69 bits per heavy atom. The summed E-state index contributed by atoms with van der Waals surface area (Å²) in [7, 11) is 0. The molecule has 3 fully saturated rings. The van der Waals surface area contributed by atoms with Crippen LogP contribution in [0.5, 0.6) is 0 Å². The number of carbonyl (C=O) groups excluding carboxylic acids is 1. The van der Waals surface area contributed by atoms with Crippen molar-refractivity contribution < 1.29 is 4.79 Å². The number of nitrogens with zero attached hydrogens (tertiary/aromatic N) is 2. The van der Waals surface area contributed by atoms with Gasteiger partial charge in [-0.05, 0) is 87.0 Å². The highest BCUT2D eigenvalue weighted by Crippen LogP contribution is 2.51. The van der Waals surface area contributed by atoms with Crippen LogP contribution in [-0.2, 0) is 18.4 Å². The second-order valence-electron chi connectivity index (χ2n) is 11.1. The summed E-state index contributed by atoms with van der Waals surface area (Å²) in [5.74, 6) is 0.701. The first-order valence-corrected chi connectivity index (χ1v) is 14.1. The quantitative estimate of drug-likeness (QED) is 0.465. The molecule has 0 bridgehead atoms. The molecule has 4 heteroatoms. The molecule has 2 aromatic carbocycles. The molecule has 0 aromatic heterocycles. The van der Waals surface area contributed by atoms with Gasteiger partial charge in [0.05, 0.1) is 11.1 Å². The fraction of sp³-hybridized carbons (Fsp3) is 0.581. The molecule has 188 valence electrons. The van der Waals surface area contributed by atoms with Gasteiger partial charge in [0.25, 0.3) is 0 Å². The number of carbonyl (C=O) groups is 1. The zero-order chi connectivity index (χ0) is 24.5. The minimum atomic E-state index is -0.0503. The van der Waals surface area contributed by atoms with E-state index < -0.39 is 0 Å². The van der Waals surface area contributed by atoms with Crippen molar-refractivity contribution >= 4 is 11.7 Å². The molecular weight excluding hydrogens is 430 g/mol. The van der Waals surface area contributed by atoms with Crippen molar-refractivity contribution in [2.45, 2.75) is 89.6 Å². The van der Waals surface area contributed by atoms with E-state index >= 15 is 0 Å². The first-order chi connectivity index (χ1) is 17.1. The Balaban J connectivity index is 1.52. The molecule has 2 aliphatic carbocycles. The zero-order valence-corrected chi connectivity index (χ0v) is 22.0. The maximum atomic E-state index is 12.9. The van der Waals surface area contributed by atoms with Gasteiger partial charge in [0.1, 0.15) is 0 Å². The lowest BCUT2D eigenvalue weighted by atomic mass is 9.67. The van der Waals surface area contributed by atoms with Gasteiger partial charge in [0.2, 0.25) is 0 Å². The number of benzene rings is 2. The summed E-state index contributed by atoms with van der Waals surface area (Å²) in [6, 6.07) is 18.3. The number of urea groups is 1. The van der Waals surface area contributed by atoms with E-state index in [1.54, 1.807) is 0 Å². The Morgan fingerprint density at radius 3 is 2.29 bits per heavy atom. The topological polar surface area (TPSA) is 35.6 Å². The molecule has 0 unspecified atom stereocenters. The average Bonchev–Trinajstić information content (AvgIpc) is 3.17. The lowest BCUT2D eigenvalue weighted by Crippen LogP contribution is -2.58. The monoisotopic (exact) mass is 473 g/mol. The van der Waals surface area contributed by atoms with Crippen molar-refractivity contribution in [3.8, 4) is 0 Å². The molecule has 3 aliphatic rings. The largest absolute Gasteiger partial charge is 0.362 e. The van der Waals surface area contributed by atoms with Gasteiger partial charge >= 0.3 is 6.03 Å². The van der Waals surface area contributed by atoms with E-state index in [1.165, 1.54) is 41.6 Å². The summed E-state index contributed by atoms with van der Waals surface area (Å²) in [6.07, 6.45) is 10.3. The second kappa shape index (κ2) is 9.87. The Kier molecular flexibility index (Phi) is 6.83. The molecule has 0 radical (unpaired) electrons. The number of anilines is 1. The second-order valence-corrected chi connectivity index (χ2v) is 11.1. The third-order valence-electron chi connectivity index (χ3n) is 9.48. The van der Waals surface area contributed by atoms with Gasteiger partial charge in [-0.1, -0.05) is 62.7 Å². The first-order valence-electron chi connectivity index (χ1n) is 14.1. The fourth-order valence-corrected chi connectivity index (χ4v) is 7.21. The molecule has 2 saturated carbocycles. The Hall–Kier alpha value is -2.49. The highest BCUT2D eigenvalue weighted by Gasteiger charge is 2.53. The SMILES string of the molecule is CCc1cccc(N(CC)[C@]2(c3ccccc3)CC[C@@]3(CC2)CNC(=O)N3CC2CCC2)c1CC. The van der Waals surface area contributed by atoms with E-state index in [9.17, 15) is 4.79 Å². The van der Waals surface area contributed by atoms with Gasteiger partial charge < -0.3 is 15.1 Å². The molecule has 1 saturated heterocycles. The minimum Gasteiger partial charge on any atom is -0.362 e. The van der Waals surface area contributed by atoms with Gasteiger partial charge in [0.15, 0.2) is 0 Å². The molecule has 2 amide bonds. The average molecular weight is 474 g/mol. The van der Waals surface area contributed by atoms with Crippen molar-refractivity contribution in [1.29, 1.82) is 0 Å². The van der Waals surface area contributed by atoms with Gasteiger partial charge in [-0.3, -0.25) is 0 Å². The predicted octanol–water partition coefficient (Wildman–Crippen LogP) is 6.67. The Morgan fingerprint density at radius 1 is 0.943 bits per heavy atom. The van der Waals surface area contributed by atoms with Gasteiger partial charge in [-0.2, -0.15) is 0 Å². The van der Waals surface area contributed by atoms with Crippen molar-refractivity contribution in [3.05, 3.63) is 65.2 Å². The highest BCUT2D eigenvalue weighted by atomic mass is 16.2. The summed E-state index contributed by atoms with van der Waals surface area (Å²) in [5, 5.41) is 3.23. The number of amides is 2. The molecule has 35 heavy (non-hydrogen) atoms. The predicted molar refractivity (Wildman–Crippen MR) is 145 cm³/mol. The van der Waals surface area contributed by atoms with E-state index in [0.29, 0.717) is 5.92 Å². The van der Waals surface area contributed by atoms with Gasteiger partial charge in [0, 0.05) is 25.3 Å². The maximum absolute atomic E-state index is 12.9. The summed E-state index contributed by atoms with van der Waals surface area (Å²) in [5.41, 5.74) is 5.71. The van der Waals surface area contributed by atoms with Crippen LogP contribution in [0.4, 0.5) is 10.5 Å². The standard InChI is InChI=1S/C31H43N3O/c1-4-25-14-11-17-28(27(25)5-2)33(6-3)31(26-15-8-7-9-16-26)20-18-30(19-21-31)23-32-29(35)34(30)22-24-12-10-13-24/h7-9,11,14-17,24H,4-6,10,12-13,18-23H2,1-3H3,(H,32,35)/t30-,31-. The van der Waals surface area contributed by atoms with Crippen molar-refractivity contribution in [1.82, 2.24) is 10.2 Å². The highest BCUT2D eigenvalue weighted by molar-refractivity contribution is 5.78. The van der Waals surface area contributed by atoms with Crippen LogP contribution in [0.15, 0.2) is 48.5 Å². The summed E-state index contributed by atoms with van der Waals surface area (Å²) >= 11 is 0. The normalized spacial score (nSPS) is 26.6. The van der Waals surface area contributed by atoms with Crippen LogP contribution in [0.2, 0.25) is 0 Å². The van der Waals surface area contributed by atoms with E-state index in [2.05, 4.69) is 84.4 Å². The van der Waals surface area contributed by atoms with Gasteiger partial charge in [-0.15, -0.1) is 0 Å². The molecular formula is C31H43N3O. The number of aryl methyl sites for hydroxylation is 1. The van der Waals surface area contributed by atoms with Crippen LogP contribution < -0.4 is 10.2 Å². The van der Waals surface area contributed by atoms with Crippen LogP contribution in [-0.4, -0.2) is 36.1 Å². The summed E-state index contributed by atoms with van der Waals surface area (Å²) in [6.45, 7) is 9.61. The third-order valence-corrected chi connectivity index (χ3v) is 9.48. The zero-order valence-electron chi connectivity index (χ0n) is 22.0. The number of nitrogens with one attached hydrogen (secondary N) is 1. The molecule has 1 N–H and O–H groups in total. The number of hydrogen-bond acceptors (Lipinski definition) is 2. The molecule has 1 spiro atoms. The summed E-state index contributed by atoms with van der Waals surface area (Å²) in [4.78, 5) is 17.9. The molecule has 0 atom stereocenters. The smallest absolute Gasteiger partial charge is 0.318 e. The van der Waals surface area contributed by atoms with Crippen molar-refractivity contribution in [2.24, 2.45) is 5.92 Å². The minimum absolute atomic E-state index is 0.0246. The van der Waals surface area contributed by atoms with Crippen LogP contribution in [0.1, 0.15) is 82.4 Å². The number of rotatable bonds is 8. The number of hydrogen-bond donors (Lipinski definition) is 1. The molecule has 1 heterocycles. The first kappa shape index (κ1) is 24.2. The van der Waals surface area contributed by atoms with Crippen molar-refractivity contribution in [3.63, 3.8) is 0 Å². The third kappa shape index (κ3) is 4.13. The molecule has 1 aliphatic heterocycles. The molecule has 4 nitrogen and oxygen atoms in total. The van der Waals surface area contributed by atoms with Crippen LogP contribution >= 0.6 is 0 Å². The Bertz CT molecular complexity index is 1020. The summed E-state index contributed by atoms with van der Waals surface area (Å²) < 4.78 is 0. The van der Waals surface area contributed by atoms with E-state index in [-0.39, 0.29) is 17.1 Å². The van der Waals surface area contributed by atoms with Gasteiger partial charge in [-0.25, -0.2) is 4.79 Å². The van der Waals surface area contributed by atoms with E-state index in [4.69, 9.17) is 0 Å². The fourth-order valence-electron chi connectivity index (χ4n) is 7.21. The lowest BCUT2D eigenvalue weighted by molar-refractivity contribution is 0.0648. The van der Waals surface area contributed by atoms with E-state index in [1.807, 2.05) is 0 Å². The molecule has 5 rings (SSSR count). The van der Waals surface area contributed by atoms with Crippen LogP contribution in [0.25, 0.3) is 0 Å².